The van der Waals surface area contributed by atoms with Crippen molar-refractivity contribution in [1.82, 2.24) is 9.55 Å². The summed E-state index contributed by atoms with van der Waals surface area (Å²) < 4.78 is 2.09. The van der Waals surface area contributed by atoms with Crippen LogP contribution >= 0.6 is 0 Å². The Morgan fingerprint density at radius 3 is 2.29 bits per heavy atom. The van der Waals surface area contributed by atoms with E-state index in [1.54, 1.807) is 12.1 Å². The summed E-state index contributed by atoms with van der Waals surface area (Å²) in [6.45, 7) is 0.698. The molecule has 0 unspecified atom stereocenters. The van der Waals surface area contributed by atoms with Crippen LogP contribution in [0.4, 0.5) is 5.69 Å². The first-order valence-corrected chi connectivity index (χ1v) is 8.80. The first kappa shape index (κ1) is 17.5. The number of nitrogens with one attached hydrogen (secondary N) is 1. The van der Waals surface area contributed by atoms with Crippen molar-refractivity contribution in [2.45, 2.75) is 6.54 Å². The predicted molar refractivity (Wildman–Crippen MR) is 108 cm³/mol. The second-order valence-electron chi connectivity index (χ2n) is 6.45. The number of carbonyl (C=O) groups is 2. The molecule has 0 spiro atoms. The van der Waals surface area contributed by atoms with Gasteiger partial charge >= 0.3 is 0 Å². The van der Waals surface area contributed by atoms with Gasteiger partial charge in [0.25, 0.3) is 5.91 Å². The Hall–Kier alpha value is -3.93. The van der Waals surface area contributed by atoms with Crippen molar-refractivity contribution in [2.75, 3.05) is 5.32 Å². The highest BCUT2D eigenvalue weighted by atomic mass is 16.2. The van der Waals surface area contributed by atoms with Crippen LogP contribution in [0.25, 0.3) is 11.0 Å². The van der Waals surface area contributed by atoms with Crippen LogP contribution in [0.2, 0.25) is 0 Å². The molecule has 0 radical (unpaired) electrons. The fourth-order valence-corrected chi connectivity index (χ4v) is 3.02. The monoisotopic (exact) mass is 370 g/mol. The normalized spacial score (nSPS) is 10.7. The van der Waals surface area contributed by atoms with Gasteiger partial charge in [-0.15, -0.1) is 0 Å². The van der Waals surface area contributed by atoms with Crippen LogP contribution in [-0.4, -0.2) is 21.4 Å². The highest BCUT2D eigenvalue weighted by Crippen LogP contribution is 2.16. The van der Waals surface area contributed by atoms with Gasteiger partial charge in [0.15, 0.2) is 0 Å². The van der Waals surface area contributed by atoms with E-state index in [0.717, 1.165) is 16.6 Å². The van der Waals surface area contributed by atoms with E-state index in [-0.39, 0.29) is 5.91 Å². The zero-order valence-electron chi connectivity index (χ0n) is 15.0. The van der Waals surface area contributed by atoms with Crippen molar-refractivity contribution in [2.24, 2.45) is 5.73 Å². The van der Waals surface area contributed by atoms with Crippen molar-refractivity contribution < 1.29 is 9.59 Å². The number of hydrogen-bond donors (Lipinski definition) is 2. The number of anilines is 1. The van der Waals surface area contributed by atoms with Crippen LogP contribution in [0, 0.1) is 0 Å². The fraction of sp³-hybridized carbons (Fsp3) is 0.0455. The molecule has 3 aromatic carbocycles. The number of benzene rings is 3. The van der Waals surface area contributed by atoms with Gasteiger partial charge in [0.2, 0.25) is 5.91 Å². The Bertz CT molecular complexity index is 1150. The molecule has 6 nitrogen and oxygen atoms in total. The zero-order chi connectivity index (χ0) is 19.5. The van der Waals surface area contributed by atoms with E-state index in [1.165, 1.54) is 12.1 Å². The lowest BCUT2D eigenvalue weighted by molar-refractivity contribution is 0.0995. The molecular formula is C22H18N4O2. The number of para-hydroxylation sites is 2. The van der Waals surface area contributed by atoms with Crippen molar-refractivity contribution in [1.29, 1.82) is 0 Å². The topological polar surface area (TPSA) is 90.0 Å². The van der Waals surface area contributed by atoms with Gasteiger partial charge in [0, 0.05) is 23.4 Å². The number of amides is 2. The van der Waals surface area contributed by atoms with Gasteiger partial charge in [-0.25, -0.2) is 4.98 Å². The molecule has 0 aliphatic heterocycles. The molecule has 0 atom stereocenters. The number of fused-ring (bicyclic) bond motifs is 1. The van der Waals surface area contributed by atoms with E-state index < -0.39 is 5.91 Å². The second kappa shape index (κ2) is 7.36. The Kier molecular flexibility index (Phi) is 4.60. The van der Waals surface area contributed by atoms with E-state index >= 15 is 0 Å². The summed E-state index contributed by atoms with van der Waals surface area (Å²) >= 11 is 0. The molecule has 4 aromatic rings. The van der Waals surface area contributed by atoms with Crippen LogP contribution in [0.1, 0.15) is 26.3 Å². The van der Waals surface area contributed by atoms with Gasteiger partial charge in [-0.2, -0.15) is 0 Å². The molecule has 0 aliphatic rings. The third kappa shape index (κ3) is 3.61. The van der Waals surface area contributed by atoms with Crippen LogP contribution in [0.5, 0.6) is 0 Å². The quantitative estimate of drug-likeness (QED) is 0.564. The predicted octanol–water partition coefficient (Wildman–Crippen LogP) is 3.44. The van der Waals surface area contributed by atoms with Gasteiger partial charge < -0.3 is 15.6 Å². The lowest BCUT2D eigenvalue weighted by atomic mass is 10.1. The van der Waals surface area contributed by atoms with Crippen LogP contribution < -0.4 is 11.1 Å². The minimum atomic E-state index is -0.520. The first-order chi connectivity index (χ1) is 13.6. The molecule has 0 fully saturated rings. The van der Waals surface area contributed by atoms with Crippen molar-refractivity contribution in [3.8, 4) is 0 Å². The number of aromatic nitrogens is 2. The smallest absolute Gasteiger partial charge is 0.255 e. The fourth-order valence-electron chi connectivity index (χ4n) is 3.02. The highest BCUT2D eigenvalue weighted by Gasteiger charge is 2.08. The maximum absolute atomic E-state index is 12.3. The Morgan fingerprint density at radius 1 is 0.893 bits per heavy atom. The number of primary amides is 1. The molecule has 138 valence electrons. The van der Waals surface area contributed by atoms with E-state index in [4.69, 9.17) is 5.73 Å². The van der Waals surface area contributed by atoms with Gasteiger partial charge in [0.1, 0.15) is 0 Å². The lowest BCUT2D eigenvalue weighted by Gasteiger charge is -2.08. The standard InChI is InChI=1S/C22H18N4O2/c23-21(27)16-7-9-17(10-8-16)22(28)25-18-11-5-15(6-12-18)13-26-14-24-19-3-1-2-4-20(19)26/h1-12,14H,13H2,(H2,23,27)(H,25,28). The number of hydrogen-bond acceptors (Lipinski definition) is 3. The average molecular weight is 370 g/mol. The molecule has 1 aromatic heterocycles. The Balaban J connectivity index is 1.44. The second-order valence-corrected chi connectivity index (χ2v) is 6.45. The van der Waals surface area contributed by atoms with E-state index in [1.807, 2.05) is 54.9 Å². The molecule has 6 heteroatoms. The molecular weight excluding hydrogens is 352 g/mol. The molecule has 0 saturated heterocycles. The SMILES string of the molecule is NC(=O)c1ccc(C(=O)Nc2ccc(Cn3cnc4ccccc43)cc2)cc1. The third-order valence-corrected chi connectivity index (χ3v) is 4.52. The minimum Gasteiger partial charge on any atom is -0.366 e. The van der Waals surface area contributed by atoms with E-state index in [2.05, 4.69) is 14.9 Å². The number of carbonyl (C=O) groups excluding carboxylic acids is 2. The van der Waals surface area contributed by atoms with Gasteiger partial charge in [-0.1, -0.05) is 24.3 Å². The van der Waals surface area contributed by atoms with Crippen molar-refractivity contribution in [3.05, 3.63) is 95.8 Å². The summed E-state index contributed by atoms with van der Waals surface area (Å²) in [5.74, 6) is -0.766. The van der Waals surface area contributed by atoms with Crippen LogP contribution in [0.3, 0.4) is 0 Å². The summed E-state index contributed by atoms with van der Waals surface area (Å²) in [4.78, 5) is 27.8. The average Bonchev–Trinajstić information content (AvgIpc) is 3.12. The largest absolute Gasteiger partial charge is 0.366 e. The minimum absolute atomic E-state index is 0.246. The Morgan fingerprint density at radius 2 is 1.57 bits per heavy atom. The van der Waals surface area contributed by atoms with Gasteiger partial charge in [-0.05, 0) is 54.1 Å². The molecule has 3 N–H and O–H groups in total. The first-order valence-electron chi connectivity index (χ1n) is 8.80. The number of nitrogens with zero attached hydrogens (tertiary/aromatic N) is 2. The van der Waals surface area contributed by atoms with Gasteiger partial charge in [0.05, 0.1) is 17.4 Å². The van der Waals surface area contributed by atoms with E-state index in [9.17, 15) is 9.59 Å². The lowest BCUT2D eigenvalue weighted by Crippen LogP contribution is -2.14. The summed E-state index contributed by atoms with van der Waals surface area (Å²) in [5.41, 5.74) is 9.89. The van der Waals surface area contributed by atoms with E-state index in [0.29, 0.717) is 23.4 Å². The summed E-state index contributed by atoms with van der Waals surface area (Å²) in [5, 5.41) is 2.85. The van der Waals surface area contributed by atoms with Crippen LogP contribution in [-0.2, 0) is 6.54 Å². The zero-order valence-corrected chi connectivity index (χ0v) is 15.0. The molecule has 28 heavy (non-hydrogen) atoms. The van der Waals surface area contributed by atoms with Gasteiger partial charge in [-0.3, -0.25) is 9.59 Å². The van der Waals surface area contributed by atoms with Crippen LogP contribution in [0.15, 0.2) is 79.1 Å². The molecule has 1 heterocycles. The summed E-state index contributed by atoms with van der Waals surface area (Å²) in [6, 6.07) is 21.9. The third-order valence-electron chi connectivity index (χ3n) is 4.52. The number of nitrogens with two attached hydrogens (primary N) is 1. The maximum Gasteiger partial charge on any atom is 0.255 e. The highest BCUT2D eigenvalue weighted by molar-refractivity contribution is 6.05. The molecule has 4 rings (SSSR count). The molecule has 0 saturated carbocycles. The molecule has 0 bridgehead atoms. The summed E-state index contributed by atoms with van der Waals surface area (Å²) in [7, 11) is 0. The van der Waals surface area contributed by atoms with Crippen molar-refractivity contribution in [3.63, 3.8) is 0 Å². The van der Waals surface area contributed by atoms with Crippen molar-refractivity contribution >= 4 is 28.5 Å². The maximum atomic E-state index is 12.3. The number of imidazole rings is 1. The summed E-state index contributed by atoms with van der Waals surface area (Å²) in [6.07, 6.45) is 1.83. The molecule has 0 aliphatic carbocycles. The molecule has 2 amide bonds. The Labute approximate surface area is 161 Å². The number of rotatable bonds is 5.